The molecular weight excluding hydrogens is 387 g/mol. The summed E-state index contributed by atoms with van der Waals surface area (Å²) in [6.45, 7) is 11.3. The number of guanidine groups is 1. The first-order chi connectivity index (χ1) is 10.3. The van der Waals surface area contributed by atoms with Crippen molar-refractivity contribution in [1.29, 1.82) is 0 Å². The maximum Gasteiger partial charge on any atom is 0.192 e. The molecule has 1 aliphatic heterocycles. The highest BCUT2D eigenvalue weighted by atomic mass is 127. The average Bonchev–Trinajstić information content (AvgIpc) is 3.02. The van der Waals surface area contributed by atoms with Gasteiger partial charge in [0.25, 0.3) is 0 Å². The number of rotatable bonds is 8. The summed E-state index contributed by atoms with van der Waals surface area (Å²) in [7, 11) is 0. The van der Waals surface area contributed by atoms with Crippen LogP contribution in [0.25, 0.3) is 0 Å². The Morgan fingerprint density at radius 3 is 2.32 bits per heavy atom. The number of hydrogen-bond donors (Lipinski definition) is 2. The predicted molar refractivity (Wildman–Crippen MR) is 107 cm³/mol. The van der Waals surface area contributed by atoms with Gasteiger partial charge in [-0.25, -0.2) is 0 Å². The molecule has 128 valence electrons. The maximum absolute atomic E-state index is 5.32. The van der Waals surface area contributed by atoms with Crippen molar-refractivity contribution in [2.24, 2.45) is 10.9 Å². The quantitative estimate of drug-likeness (QED) is 0.275. The standard InChI is InChI=1S/C17H32N4.HI/c1-5-11-19-17(18-8-4)20-14-16(15(6-2)7-3)21-12-9-10-13-21;/h1,15-16H,6-14H2,2-4H3,(H2,18,19,20);1H. The second kappa shape index (κ2) is 13.0. The molecule has 0 aromatic rings. The van der Waals surface area contributed by atoms with Crippen LogP contribution in [0.3, 0.4) is 0 Å². The molecule has 0 aromatic carbocycles. The Morgan fingerprint density at radius 1 is 1.18 bits per heavy atom. The maximum atomic E-state index is 5.32. The summed E-state index contributed by atoms with van der Waals surface area (Å²) in [5.41, 5.74) is 0. The highest BCUT2D eigenvalue weighted by Crippen LogP contribution is 2.23. The van der Waals surface area contributed by atoms with Crippen LogP contribution in [0.4, 0.5) is 0 Å². The second-order valence-corrected chi connectivity index (χ2v) is 5.66. The lowest BCUT2D eigenvalue weighted by Gasteiger charge is -2.32. The van der Waals surface area contributed by atoms with E-state index in [1.165, 1.54) is 38.8 Å². The molecule has 0 radical (unpaired) electrons. The van der Waals surface area contributed by atoms with E-state index in [4.69, 9.17) is 11.4 Å². The van der Waals surface area contributed by atoms with Gasteiger partial charge < -0.3 is 10.6 Å². The van der Waals surface area contributed by atoms with Crippen molar-refractivity contribution in [2.75, 3.05) is 32.7 Å². The van der Waals surface area contributed by atoms with Gasteiger partial charge in [0.05, 0.1) is 13.1 Å². The van der Waals surface area contributed by atoms with Gasteiger partial charge in [0, 0.05) is 12.6 Å². The molecule has 0 amide bonds. The van der Waals surface area contributed by atoms with E-state index in [0.717, 1.165) is 25.0 Å². The molecule has 0 spiro atoms. The normalized spacial score (nSPS) is 17.0. The van der Waals surface area contributed by atoms with Crippen molar-refractivity contribution >= 4 is 29.9 Å². The Hall–Kier alpha value is -0.480. The third-order valence-electron chi connectivity index (χ3n) is 4.34. The number of aliphatic imine (C=N–C) groups is 1. The van der Waals surface area contributed by atoms with Crippen LogP contribution in [-0.2, 0) is 0 Å². The first-order valence-electron chi connectivity index (χ1n) is 8.46. The molecule has 1 rings (SSSR count). The Morgan fingerprint density at radius 2 is 1.82 bits per heavy atom. The fourth-order valence-electron chi connectivity index (χ4n) is 3.13. The molecule has 0 saturated carbocycles. The largest absolute Gasteiger partial charge is 0.357 e. The van der Waals surface area contributed by atoms with Gasteiger partial charge in [-0.1, -0.05) is 32.6 Å². The summed E-state index contributed by atoms with van der Waals surface area (Å²) in [6.07, 6.45) is 10.4. The van der Waals surface area contributed by atoms with Crippen LogP contribution in [0.1, 0.15) is 46.5 Å². The predicted octanol–water partition coefficient (Wildman–Crippen LogP) is 2.69. The Balaban J connectivity index is 0.00000441. The number of hydrogen-bond acceptors (Lipinski definition) is 2. The summed E-state index contributed by atoms with van der Waals surface area (Å²) in [6, 6.07) is 0.559. The SMILES string of the molecule is C#CCNC(=NCC(C(CC)CC)N1CCCC1)NCC.I. The summed E-state index contributed by atoms with van der Waals surface area (Å²) in [5, 5.41) is 6.44. The molecule has 5 heteroatoms. The minimum absolute atomic E-state index is 0. The van der Waals surface area contributed by atoms with Gasteiger partial charge in [0.1, 0.15) is 0 Å². The van der Waals surface area contributed by atoms with E-state index in [0.29, 0.717) is 12.6 Å². The molecule has 1 atom stereocenters. The van der Waals surface area contributed by atoms with Gasteiger partial charge in [-0.3, -0.25) is 9.89 Å². The fourth-order valence-corrected chi connectivity index (χ4v) is 3.13. The van der Waals surface area contributed by atoms with Crippen LogP contribution >= 0.6 is 24.0 Å². The first-order valence-corrected chi connectivity index (χ1v) is 8.46. The number of halogens is 1. The van der Waals surface area contributed by atoms with E-state index in [1.54, 1.807) is 0 Å². The van der Waals surface area contributed by atoms with E-state index >= 15 is 0 Å². The molecular formula is C17H33IN4. The van der Waals surface area contributed by atoms with E-state index in [2.05, 4.69) is 42.2 Å². The molecule has 4 nitrogen and oxygen atoms in total. The first kappa shape index (κ1) is 21.5. The van der Waals surface area contributed by atoms with E-state index in [9.17, 15) is 0 Å². The van der Waals surface area contributed by atoms with Gasteiger partial charge in [-0.05, 0) is 38.8 Å². The fraction of sp³-hybridized carbons (Fsp3) is 0.824. The zero-order chi connectivity index (χ0) is 15.5. The molecule has 1 saturated heterocycles. The minimum atomic E-state index is 0. The molecule has 2 N–H and O–H groups in total. The van der Waals surface area contributed by atoms with E-state index in [-0.39, 0.29) is 24.0 Å². The van der Waals surface area contributed by atoms with Crippen LogP contribution in [0.15, 0.2) is 4.99 Å². The Kier molecular flexibility index (Phi) is 12.7. The zero-order valence-electron chi connectivity index (χ0n) is 14.4. The Bertz CT molecular complexity index is 339. The van der Waals surface area contributed by atoms with Gasteiger partial charge >= 0.3 is 0 Å². The van der Waals surface area contributed by atoms with E-state index < -0.39 is 0 Å². The smallest absolute Gasteiger partial charge is 0.192 e. The lowest BCUT2D eigenvalue weighted by Crippen LogP contribution is -2.43. The van der Waals surface area contributed by atoms with Crippen molar-refractivity contribution in [3.63, 3.8) is 0 Å². The number of nitrogens with zero attached hydrogens (tertiary/aromatic N) is 2. The molecule has 0 aromatic heterocycles. The third kappa shape index (κ3) is 7.19. The molecule has 0 bridgehead atoms. The van der Waals surface area contributed by atoms with Crippen molar-refractivity contribution in [1.82, 2.24) is 15.5 Å². The van der Waals surface area contributed by atoms with Crippen molar-refractivity contribution in [3.8, 4) is 12.3 Å². The number of nitrogens with one attached hydrogen (secondary N) is 2. The highest BCUT2D eigenvalue weighted by molar-refractivity contribution is 14.0. The summed E-state index contributed by atoms with van der Waals surface area (Å²) in [4.78, 5) is 7.40. The number of terminal acetylenes is 1. The molecule has 22 heavy (non-hydrogen) atoms. The van der Waals surface area contributed by atoms with Crippen molar-refractivity contribution in [2.45, 2.75) is 52.5 Å². The van der Waals surface area contributed by atoms with Gasteiger partial charge in [0.2, 0.25) is 0 Å². The molecule has 1 aliphatic rings. The second-order valence-electron chi connectivity index (χ2n) is 5.66. The topological polar surface area (TPSA) is 39.7 Å². The van der Waals surface area contributed by atoms with Crippen LogP contribution < -0.4 is 10.6 Å². The lowest BCUT2D eigenvalue weighted by molar-refractivity contribution is 0.172. The minimum Gasteiger partial charge on any atom is -0.357 e. The molecule has 1 heterocycles. The summed E-state index contributed by atoms with van der Waals surface area (Å²) in [5.74, 6) is 4.17. The van der Waals surface area contributed by atoms with Crippen LogP contribution in [0.2, 0.25) is 0 Å². The van der Waals surface area contributed by atoms with Crippen molar-refractivity contribution < 1.29 is 0 Å². The summed E-state index contributed by atoms with van der Waals surface area (Å²) >= 11 is 0. The molecule has 1 fully saturated rings. The van der Waals surface area contributed by atoms with Crippen molar-refractivity contribution in [3.05, 3.63) is 0 Å². The highest BCUT2D eigenvalue weighted by Gasteiger charge is 2.27. The lowest BCUT2D eigenvalue weighted by atomic mass is 9.93. The van der Waals surface area contributed by atoms with Gasteiger partial charge in [-0.2, -0.15) is 0 Å². The Labute approximate surface area is 153 Å². The number of likely N-dealkylation sites (tertiary alicyclic amines) is 1. The molecule has 1 unspecified atom stereocenters. The van der Waals surface area contributed by atoms with Gasteiger partial charge in [-0.15, -0.1) is 30.4 Å². The van der Waals surface area contributed by atoms with E-state index in [1.807, 2.05) is 0 Å². The van der Waals surface area contributed by atoms with Crippen LogP contribution in [0, 0.1) is 18.3 Å². The van der Waals surface area contributed by atoms with Crippen LogP contribution in [0.5, 0.6) is 0 Å². The van der Waals surface area contributed by atoms with Crippen LogP contribution in [-0.4, -0.2) is 49.6 Å². The zero-order valence-corrected chi connectivity index (χ0v) is 16.7. The third-order valence-corrected chi connectivity index (χ3v) is 4.34. The van der Waals surface area contributed by atoms with Gasteiger partial charge in [0.15, 0.2) is 5.96 Å². The average molecular weight is 420 g/mol. The molecule has 0 aliphatic carbocycles. The monoisotopic (exact) mass is 420 g/mol. The summed E-state index contributed by atoms with van der Waals surface area (Å²) < 4.78 is 0.